The van der Waals surface area contributed by atoms with Gasteiger partial charge in [-0.3, -0.25) is 14.5 Å². The van der Waals surface area contributed by atoms with Gasteiger partial charge in [0.15, 0.2) is 0 Å². The number of aliphatic carboxylic acids is 1. The van der Waals surface area contributed by atoms with Gasteiger partial charge in [-0.05, 0) is 54.3 Å². The SMILES string of the molecule is O=C(O)CN1C(=O)/C(=C\c2ccc3c(c2)C2CCCC2N3c2ccccc2)SC1=S. The maximum Gasteiger partial charge on any atom is 0.323 e. The molecule has 152 valence electrons. The van der Waals surface area contributed by atoms with Crippen LogP contribution in [-0.4, -0.2) is 38.8 Å². The number of rotatable bonds is 4. The van der Waals surface area contributed by atoms with Crippen LogP contribution in [0.4, 0.5) is 11.4 Å². The van der Waals surface area contributed by atoms with Gasteiger partial charge in [-0.1, -0.05) is 54.7 Å². The van der Waals surface area contributed by atoms with Crippen molar-refractivity contribution in [2.24, 2.45) is 0 Å². The number of hydrogen-bond donors (Lipinski definition) is 1. The van der Waals surface area contributed by atoms with Crippen molar-refractivity contribution in [1.29, 1.82) is 0 Å². The minimum absolute atomic E-state index is 0.293. The number of para-hydroxylation sites is 1. The molecule has 3 aliphatic rings. The topological polar surface area (TPSA) is 60.9 Å². The summed E-state index contributed by atoms with van der Waals surface area (Å²) in [5.74, 6) is -0.911. The van der Waals surface area contributed by atoms with Crippen molar-refractivity contribution in [3.63, 3.8) is 0 Å². The summed E-state index contributed by atoms with van der Waals surface area (Å²) >= 11 is 6.36. The van der Waals surface area contributed by atoms with Crippen molar-refractivity contribution in [1.82, 2.24) is 4.90 Å². The van der Waals surface area contributed by atoms with Gasteiger partial charge >= 0.3 is 5.97 Å². The molecule has 2 aromatic rings. The Kier molecular flexibility index (Phi) is 4.87. The molecule has 7 heteroatoms. The molecule has 2 atom stereocenters. The van der Waals surface area contributed by atoms with E-state index in [1.165, 1.54) is 36.2 Å². The van der Waals surface area contributed by atoms with E-state index in [1.807, 2.05) is 18.2 Å². The molecule has 1 saturated carbocycles. The van der Waals surface area contributed by atoms with Gasteiger partial charge in [0.05, 0.1) is 4.91 Å². The molecule has 2 heterocycles. The molecule has 2 fully saturated rings. The van der Waals surface area contributed by atoms with Crippen LogP contribution in [0, 0.1) is 0 Å². The Morgan fingerprint density at radius 1 is 1.20 bits per heavy atom. The van der Waals surface area contributed by atoms with E-state index in [0.29, 0.717) is 21.2 Å². The van der Waals surface area contributed by atoms with Gasteiger partial charge in [0, 0.05) is 23.3 Å². The maximum atomic E-state index is 12.6. The van der Waals surface area contributed by atoms with Crippen molar-refractivity contribution < 1.29 is 14.7 Å². The number of nitrogens with zero attached hydrogens (tertiary/aromatic N) is 2. The predicted molar refractivity (Wildman–Crippen MR) is 123 cm³/mol. The smallest absolute Gasteiger partial charge is 0.323 e. The van der Waals surface area contributed by atoms with Gasteiger partial charge in [-0.25, -0.2) is 0 Å². The quantitative estimate of drug-likeness (QED) is 0.551. The Hall–Kier alpha value is -2.64. The third-order valence-corrected chi connectivity index (χ3v) is 7.40. The van der Waals surface area contributed by atoms with Crippen LogP contribution in [0.3, 0.4) is 0 Å². The Labute approximate surface area is 184 Å². The van der Waals surface area contributed by atoms with Crippen LogP contribution in [0.25, 0.3) is 6.08 Å². The van der Waals surface area contributed by atoms with Gasteiger partial charge in [0.1, 0.15) is 10.9 Å². The fourth-order valence-corrected chi connectivity index (χ4v) is 6.07. The molecule has 5 nitrogen and oxygen atoms in total. The summed E-state index contributed by atoms with van der Waals surface area (Å²) in [7, 11) is 0. The molecule has 5 rings (SSSR count). The summed E-state index contributed by atoms with van der Waals surface area (Å²) in [4.78, 5) is 27.7. The maximum absolute atomic E-state index is 12.6. The first-order valence-electron chi connectivity index (χ1n) is 9.98. The summed E-state index contributed by atoms with van der Waals surface area (Å²) in [5.41, 5.74) is 4.74. The lowest BCUT2D eigenvalue weighted by Gasteiger charge is -2.27. The summed E-state index contributed by atoms with van der Waals surface area (Å²) in [6.07, 6.45) is 5.40. The molecule has 0 aromatic heterocycles. The summed E-state index contributed by atoms with van der Waals surface area (Å²) in [6.45, 7) is -0.401. The van der Waals surface area contributed by atoms with E-state index in [0.717, 1.165) is 22.2 Å². The molecule has 0 spiro atoms. The number of carbonyl (C=O) groups is 2. The molecule has 30 heavy (non-hydrogen) atoms. The number of thioether (sulfide) groups is 1. The number of carboxylic acids is 1. The van der Waals surface area contributed by atoms with Crippen LogP contribution >= 0.6 is 24.0 Å². The van der Waals surface area contributed by atoms with Crippen LogP contribution in [0.5, 0.6) is 0 Å². The summed E-state index contributed by atoms with van der Waals surface area (Å²) in [6, 6.07) is 17.3. The van der Waals surface area contributed by atoms with Crippen molar-refractivity contribution in [2.45, 2.75) is 31.2 Å². The molecule has 1 aliphatic carbocycles. The first-order chi connectivity index (χ1) is 14.5. The van der Waals surface area contributed by atoms with Crippen molar-refractivity contribution >= 4 is 57.6 Å². The number of thiocarbonyl (C=S) groups is 1. The fourth-order valence-electron chi connectivity index (χ4n) is 4.81. The second-order valence-electron chi connectivity index (χ2n) is 7.79. The van der Waals surface area contributed by atoms with Crippen molar-refractivity contribution in [3.8, 4) is 0 Å². The number of carboxylic acid groups (broad SMARTS) is 1. The monoisotopic (exact) mass is 436 g/mol. The minimum Gasteiger partial charge on any atom is -0.480 e. The van der Waals surface area contributed by atoms with Crippen LogP contribution in [0.2, 0.25) is 0 Å². The van der Waals surface area contributed by atoms with E-state index >= 15 is 0 Å². The van der Waals surface area contributed by atoms with E-state index in [1.54, 1.807) is 0 Å². The number of amides is 1. The molecule has 1 saturated heterocycles. The van der Waals surface area contributed by atoms with Gasteiger partial charge in [0.2, 0.25) is 0 Å². The van der Waals surface area contributed by atoms with E-state index < -0.39 is 12.5 Å². The molecule has 2 aliphatic heterocycles. The average molecular weight is 437 g/mol. The van der Waals surface area contributed by atoms with Gasteiger partial charge < -0.3 is 10.0 Å². The minimum atomic E-state index is -1.07. The molecule has 1 N–H and O–H groups in total. The second-order valence-corrected chi connectivity index (χ2v) is 9.47. The summed E-state index contributed by atoms with van der Waals surface area (Å²) in [5, 5.41) is 9.01. The molecule has 1 amide bonds. The Balaban J connectivity index is 1.49. The third-order valence-electron chi connectivity index (χ3n) is 6.02. The Bertz CT molecular complexity index is 1080. The highest BCUT2D eigenvalue weighted by atomic mass is 32.2. The normalized spacial score (nSPS) is 23.9. The first-order valence-corrected chi connectivity index (χ1v) is 11.2. The molecule has 2 aromatic carbocycles. The van der Waals surface area contributed by atoms with Crippen molar-refractivity contribution in [2.75, 3.05) is 11.4 Å². The lowest BCUT2D eigenvalue weighted by atomic mass is 9.96. The third kappa shape index (κ3) is 3.22. The molecule has 2 unspecified atom stereocenters. The number of anilines is 2. The van der Waals surface area contributed by atoms with Crippen LogP contribution < -0.4 is 4.90 Å². The highest BCUT2D eigenvalue weighted by molar-refractivity contribution is 8.26. The Morgan fingerprint density at radius 2 is 2.00 bits per heavy atom. The zero-order valence-corrected chi connectivity index (χ0v) is 17.8. The highest BCUT2D eigenvalue weighted by Crippen LogP contribution is 2.52. The largest absolute Gasteiger partial charge is 0.480 e. The second kappa shape index (κ2) is 7.56. The zero-order valence-electron chi connectivity index (χ0n) is 16.2. The molecular formula is C23H20N2O3S2. The van der Waals surface area contributed by atoms with Crippen LogP contribution in [0.15, 0.2) is 53.4 Å². The van der Waals surface area contributed by atoms with E-state index in [-0.39, 0.29) is 5.91 Å². The summed E-state index contributed by atoms with van der Waals surface area (Å²) < 4.78 is 0.293. The van der Waals surface area contributed by atoms with Crippen LogP contribution in [0.1, 0.15) is 36.3 Å². The van der Waals surface area contributed by atoms with Crippen LogP contribution in [-0.2, 0) is 9.59 Å². The highest BCUT2D eigenvalue weighted by Gasteiger charge is 2.42. The number of benzene rings is 2. The number of hydrogen-bond acceptors (Lipinski definition) is 5. The zero-order chi connectivity index (χ0) is 20.8. The molecule has 0 radical (unpaired) electrons. The lowest BCUT2D eigenvalue weighted by Crippen LogP contribution is -2.33. The first kappa shape index (κ1) is 19.3. The fraction of sp³-hybridized carbons (Fsp3) is 0.261. The van der Waals surface area contributed by atoms with Gasteiger partial charge in [-0.15, -0.1) is 0 Å². The molecular weight excluding hydrogens is 416 g/mol. The number of fused-ring (bicyclic) bond motifs is 3. The van der Waals surface area contributed by atoms with E-state index in [9.17, 15) is 9.59 Å². The standard InChI is InChI=1S/C23H20N2O3S2/c26-21(27)13-24-22(28)20(30-23(24)29)12-14-9-10-19-17(11-14)16-7-4-8-18(16)25(19)15-5-2-1-3-6-15/h1-3,5-6,9-12,16,18H,4,7-8,13H2,(H,26,27)/b20-12+. The van der Waals surface area contributed by atoms with E-state index in [4.69, 9.17) is 17.3 Å². The van der Waals surface area contributed by atoms with Gasteiger partial charge in [-0.2, -0.15) is 0 Å². The number of carbonyl (C=O) groups excluding carboxylic acids is 1. The predicted octanol–water partition coefficient (Wildman–Crippen LogP) is 4.76. The van der Waals surface area contributed by atoms with Crippen molar-refractivity contribution in [3.05, 3.63) is 64.6 Å². The molecule has 0 bridgehead atoms. The average Bonchev–Trinajstić information content (AvgIpc) is 3.38. The Morgan fingerprint density at radius 3 is 2.77 bits per heavy atom. The van der Waals surface area contributed by atoms with E-state index in [2.05, 4.69) is 41.3 Å². The lowest BCUT2D eigenvalue weighted by molar-refractivity contribution is -0.140. The van der Waals surface area contributed by atoms with Gasteiger partial charge in [0.25, 0.3) is 5.91 Å².